The summed E-state index contributed by atoms with van der Waals surface area (Å²) in [4.78, 5) is 17.5. The third kappa shape index (κ3) is 3.52. The number of alkyl halides is 3. The maximum Gasteiger partial charge on any atom is 0.451 e. The van der Waals surface area contributed by atoms with Crippen LogP contribution in [0.15, 0.2) is 24.3 Å². The molecule has 0 aliphatic carbocycles. The van der Waals surface area contributed by atoms with E-state index in [-0.39, 0.29) is 11.7 Å². The van der Waals surface area contributed by atoms with Gasteiger partial charge in [-0.25, -0.2) is 9.67 Å². The van der Waals surface area contributed by atoms with Crippen LogP contribution < -0.4 is 0 Å². The van der Waals surface area contributed by atoms with Gasteiger partial charge in [-0.1, -0.05) is 12.1 Å². The monoisotopic (exact) mass is 326 g/mol. The molecule has 1 amide bonds. The summed E-state index contributed by atoms with van der Waals surface area (Å²) in [5, 5.41) is 3.79. The van der Waals surface area contributed by atoms with E-state index in [9.17, 15) is 18.0 Å². The molecule has 0 unspecified atom stereocenters. The minimum atomic E-state index is -4.57. The van der Waals surface area contributed by atoms with E-state index in [4.69, 9.17) is 0 Å². The van der Waals surface area contributed by atoms with E-state index in [2.05, 4.69) is 10.1 Å². The van der Waals surface area contributed by atoms with Crippen molar-refractivity contribution >= 4 is 5.91 Å². The minimum absolute atomic E-state index is 0.0611. The molecule has 1 heterocycles. The van der Waals surface area contributed by atoms with E-state index in [0.717, 1.165) is 0 Å². The fourth-order valence-electron chi connectivity index (χ4n) is 2.24. The summed E-state index contributed by atoms with van der Waals surface area (Å²) >= 11 is 0. The topological polar surface area (TPSA) is 51.0 Å². The van der Waals surface area contributed by atoms with Crippen LogP contribution in [0.4, 0.5) is 13.2 Å². The molecule has 0 radical (unpaired) electrons. The highest BCUT2D eigenvalue weighted by molar-refractivity contribution is 5.95. The number of aryl methyl sites for hydroxylation is 1. The summed E-state index contributed by atoms with van der Waals surface area (Å²) in [6.07, 6.45) is -4.57. The molecular formula is C15H17F3N4O. The van der Waals surface area contributed by atoms with Gasteiger partial charge in [0.2, 0.25) is 5.82 Å². The van der Waals surface area contributed by atoms with Gasteiger partial charge < -0.3 is 4.90 Å². The molecule has 0 saturated heterocycles. The molecule has 0 fully saturated rings. The standard InChI is InChI=1S/C15H17F3N4O/c1-4-22(5-2)13(23)11-8-6-7-10(9-11)12-19-14(15(16,17)18)21(3)20-12/h6-9H,4-5H2,1-3H3. The maximum absolute atomic E-state index is 12.8. The van der Waals surface area contributed by atoms with E-state index in [1.54, 1.807) is 23.1 Å². The Bertz CT molecular complexity index is 705. The Balaban J connectivity index is 2.39. The van der Waals surface area contributed by atoms with Crippen molar-refractivity contribution in [3.8, 4) is 11.4 Å². The first-order valence-electron chi connectivity index (χ1n) is 7.15. The first-order valence-corrected chi connectivity index (χ1v) is 7.15. The molecular weight excluding hydrogens is 309 g/mol. The van der Waals surface area contributed by atoms with E-state index in [1.807, 2.05) is 13.8 Å². The van der Waals surface area contributed by atoms with Crippen LogP contribution in [-0.2, 0) is 13.2 Å². The van der Waals surface area contributed by atoms with Crippen LogP contribution in [0.2, 0.25) is 0 Å². The number of halogens is 3. The molecule has 0 aliphatic heterocycles. The Labute approximate surface area is 131 Å². The van der Waals surface area contributed by atoms with Crippen molar-refractivity contribution in [1.82, 2.24) is 19.7 Å². The lowest BCUT2D eigenvalue weighted by Gasteiger charge is -2.18. The zero-order chi connectivity index (χ0) is 17.2. The SMILES string of the molecule is CCN(CC)C(=O)c1cccc(-c2nc(C(F)(F)F)n(C)n2)c1. The van der Waals surface area contributed by atoms with E-state index in [1.165, 1.54) is 13.1 Å². The summed E-state index contributed by atoms with van der Waals surface area (Å²) in [6.45, 7) is 4.83. The fraction of sp³-hybridized carbons (Fsp3) is 0.400. The van der Waals surface area contributed by atoms with Crippen molar-refractivity contribution in [1.29, 1.82) is 0 Å². The Hall–Kier alpha value is -2.38. The lowest BCUT2D eigenvalue weighted by molar-refractivity contribution is -0.147. The van der Waals surface area contributed by atoms with Gasteiger partial charge >= 0.3 is 6.18 Å². The summed E-state index contributed by atoms with van der Waals surface area (Å²) < 4.78 is 39.1. The molecule has 2 aromatic rings. The summed E-state index contributed by atoms with van der Waals surface area (Å²) in [7, 11) is 1.18. The van der Waals surface area contributed by atoms with Crippen molar-refractivity contribution in [3.05, 3.63) is 35.7 Å². The number of carbonyl (C=O) groups is 1. The zero-order valence-corrected chi connectivity index (χ0v) is 13.1. The number of carbonyl (C=O) groups excluding carboxylic acids is 1. The molecule has 23 heavy (non-hydrogen) atoms. The van der Waals surface area contributed by atoms with Crippen molar-refractivity contribution in [2.75, 3.05) is 13.1 Å². The van der Waals surface area contributed by atoms with Crippen LogP contribution >= 0.6 is 0 Å². The third-order valence-electron chi connectivity index (χ3n) is 3.43. The second kappa shape index (κ2) is 6.39. The highest BCUT2D eigenvalue weighted by atomic mass is 19.4. The van der Waals surface area contributed by atoms with Gasteiger partial charge in [0, 0.05) is 31.3 Å². The number of nitrogens with zero attached hydrogens (tertiary/aromatic N) is 4. The van der Waals surface area contributed by atoms with Crippen molar-refractivity contribution in [3.63, 3.8) is 0 Å². The molecule has 0 spiro atoms. The number of rotatable bonds is 4. The van der Waals surface area contributed by atoms with E-state index in [0.29, 0.717) is 28.9 Å². The highest BCUT2D eigenvalue weighted by Crippen LogP contribution is 2.29. The number of hydrogen-bond donors (Lipinski definition) is 0. The quantitative estimate of drug-likeness (QED) is 0.868. The van der Waals surface area contributed by atoms with Crippen molar-refractivity contribution in [2.24, 2.45) is 7.05 Å². The van der Waals surface area contributed by atoms with Gasteiger partial charge in [-0.05, 0) is 26.0 Å². The Morgan fingerprint density at radius 1 is 1.26 bits per heavy atom. The minimum Gasteiger partial charge on any atom is -0.339 e. The van der Waals surface area contributed by atoms with Gasteiger partial charge in [0.1, 0.15) is 0 Å². The second-order valence-corrected chi connectivity index (χ2v) is 4.94. The number of hydrogen-bond acceptors (Lipinski definition) is 3. The molecule has 0 aliphatic rings. The molecule has 1 aromatic heterocycles. The summed E-state index contributed by atoms with van der Waals surface area (Å²) in [5.74, 6) is -1.31. The lowest BCUT2D eigenvalue weighted by atomic mass is 10.1. The first kappa shape index (κ1) is 17.0. The number of aromatic nitrogens is 3. The van der Waals surface area contributed by atoms with Gasteiger partial charge in [0.15, 0.2) is 5.82 Å². The molecule has 8 heteroatoms. The van der Waals surface area contributed by atoms with Gasteiger partial charge in [-0.2, -0.15) is 18.3 Å². The average molecular weight is 326 g/mol. The van der Waals surface area contributed by atoms with Crippen LogP contribution in [-0.4, -0.2) is 38.7 Å². The van der Waals surface area contributed by atoms with E-state index >= 15 is 0 Å². The van der Waals surface area contributed by atoms with Gasteiger partial charge in [0.05, 0.1) is 0 Å². The third-order valence-corrected chi connectivity index (χ3v) is 3.43. The predicted octanol–water partition coefficient (Wildman–Crippen LogP) is 2.98. The number of benzene rings is 1. The average Bonchev–Trinajstić information content (AvgIpc) is 2.91. The van der Waals surface area contributed by atoms with E-state index < -0.39 is 12.0 Å². The largest absolute Gasteiger partial charge is 0.451 e. The number of amides is 1. The van der Waals surface area contributed by atoms with Gasteiger partial charge in [0.25, 0.3) is 5.91 Å². The molecule has 0 bridgehead atoms. The molecule has 0 N–H and O–H groups in total. The Morgan fingerprint density at radius 3 is 2.43 bits per heavy atom. The Kier molecular flexibility index (Phi) is 4.72. The Morgan fingerprint density at radius 2 is 1.91 bits per heavy atom. The van der Waals surface area contributed by atoms with Crippen LogP contribution in [0.1, 0.15) is 30.0 Å². The molecule has 5 nitrogen and oxygen atoms in total. The van der Waals surface area contributed by atoms with Crippen LogP contribution in [0.5, 0.6) is 0 Å². The molecule has 0 saturated carbocycles. The van der Waals surface area contributed by atoms with Gasteiger partial charge in [-0.3, -0.25) is 4.79 Å². The molecule has 124 valence electrons. The molecule has 1 aromatic carbocycles. The first-order chi connectivity index (χ1) is 10.8. The second-order valence-electron chi connectivity index (χ2n) is 4.94. The molecule has 2 rings (SSSR count). The summed E-state index contributed by atoms with van der Waals surface area (Å²) in [5.41, 5.74) is 0.765. The van der Waals surface area contributed by atoms with Crippen LogP contribution in [0.3, 0.4) is 0 Å². The van der Waals surface area contributed by atoms with Gasteiger partial charge in [-0.15, -0.1) is 0 Å². The highest BCUT2D eigenvalue weighted by Gasteiger charge is 2.37. The molecule has 0 atom stereocenters. The maximum atomic E-state index is 12.8. The van der Waals surface area contributed by atoms with Crippen molar-refractivity contribution in [2.45, 2.75) is 20.0 Å². The smallest absolute Gasteiger partial charge is 0.339 e. The van der Waals surface area contributed by atoms with Crippen LogP contribution in [0, 0.1) is 0 Å². The fourth-order valence-corrected chi connectivity index (χ4v) is 2.24. The normalized spacial score (nSPS) is 11.6. The zero-order valence-electron chi connectivity index (χ0n) is 13.1. The predicted molar refractivity (Wildman–Crippen MR) is 78.7 cm³/mol. The van der Waals surface area contributed by atoms with Crippen molar-refractivity contribution < 1.29 is 18.0 Å². The lowest BCUT2D eigenvalue weighted by Crippen LogP contribution is -2.30. The summed E-state index contributed by atoms with van der Waals surface area (Å²) in [6, 6.07) is 6.32. The van der Waals surface area contributed by atoms with Crippen LogP contribution in [0.25, 0.3) is 11.4 Å².